The van der Waals surface area contributed by atoms with Gasteiger partial charge in [0, 0.05) is 0 Å². The average Bonchev–Trinajstić information content (AvgIpc) is 2.26. The molecule has 0 saturated heterocycles. The first-order chi connectivity index (χ1) is 6.74. The Hall–Kier alpha value is -0.910. The molecule has 0 aliphatic heterocycles. The molecule has 0 fully saturated rings. The lowest BCUT2D eigenvalue weighted by molar-refractivity contribution is -0.119. The van der Waals surface area contributed by atoms with Gasteiger partial charge in [0.15, 0.2) is 12.4 Å². The second-order valence-corrected chi connectivity index (χ2v) is 3.38. The van der Waals surface area contributed by atoms with E-state index in [2.05, 4.69) is 0 Å². The van der Waals surface area contributed by atoms with E-state index in [9.17, 15) is 9.59 Å². The fourth-order valence-electron chi connectivity index (χ4n) is 0.842. The summed E-state index contributed by atoms with van der Waals surface area (Å²) in [5, 5.41) is 0. The van der Waals surface area contributed by atoms with E-state index in [0.29, 0.717) is 9.99 Å². The Kier molecular flexibility index (Phi) is 4.58. The number of esters is 1. The predicted octanol–water partition coefficient (Wildman–Crippen LogP) is 1.85. The van der Waals surface area contributed by atoms with Crippen LogP contribution in [0.15, 0.2) is 30.3 Å². The van der Waals surface area contributed by atoms with Gasteiger partial charge < -0.3 is 4.74 Å². The summed E-state index contributed by atoms with van der Waals surface area (Å²) in [4.78, 5) is 22.2. The zero-order valence-corrected chi connectivity index (χ0v) is 9.56. The van der Waals surface area contributed by atoms with Crippen LogP contribution in [-0.4, -0.2) is 22.8 Å². The topological polar surface area (TPSA) is 43.4 Å². The Morgan fingerprint density at radius 1 is 1.21 bits per heavy atom. The fraction of sp³-hybridized carbons (Fsp3) is 0.200. The first-order valence-electron chi connectivity index (χ1n) is 4.04. The summed E-state index contributed by atoms with van der Waals surface area (Å²) < 4.78 is 5.15. The maximum Gasteiger partial charge on any atom is 0.338 e. The molecule has 0 unspecified atom stereocenters. The maximum atomic E-state index is 11.3. The van der Waals surface area contributed by atoms with Crippen molar-refractivity contribution in [3.8, 4) is 0 Å². The second kappa shape index (κ2) is 5.74. The van der Waals surface area contributed by atoms with Crippen molar-refractivity contribution < 1.29 is 14.3 Å². The van der Waals surface area contributed by atoms with Gasteiger partial charge in [-0.25, -0.2) is 4.79 Å². The van der Waals surface area contributed by atoms with Crippen LogP contribution in [0.2, 0.25) is 0 Å². The molecule has 0 aliphatic carbocycles. The van der Waals surface area contributed by atoms with Gasteiger partial charge in [-0.3, -0.25) is 4.79 Å². The third kappa shape index (κ3) is 3.45. The SMILES string of the molecule is O=C(CI)COC(=O)c1ccccc1. The summed E-state index contributed by atoms with van der Waals surface area (Å²) in [6.45, 7) is -0.142. The Morgan fingerprint density at radius 3 is 2.43 bits per heavy atom. The number of Topliss-reactive ketones (excluding diaryl/α,β-unsaturated/α-hetero) is 1. The zero-order valence-electron chi connectivity index (χ0n) is 7.40. The Bertz CT molecular complexity index is 321. The monoisotopic (exact) mass is 304 g/mol. The minimum absolute atomic E-state index is 0.0881. The first-order valence-corrected chi connectivity index (χ1v) is 5.56. The third-order valence-electron chi connectivity index (χ3n) is 1.52. The normalized spacial score (nSPS) is 9.50. The van der Waals surface area contributed by atoms with Gasteiger partial charge >= 0.3 is 5.97 Å². The number of halogens is 1. The van der Waals surface area contributed by atoms with E-state index in [1.54, 1.807) is 24.3 Å². The number of hydrogen-bond donors (Lipinski definition) is 0. The van der Waals surface area contributed by atoms with Crippen LogP contribution in [0.3, 0.4) is 0 Å². The largest absolute Gasteiger partial charge is 0.454 e. The molecule has 0 spiro atoms. The van der Waals surface area contributed by atoms with Crippen molar-refractivity contribution in [2.75, 3.05) is 11.0 Å². The number of hydrogen-bond acceptors (Lipinski definition) is 3. The number of ether oxygens (including phenoxy) is 1. The second-order valence-electron chi connectivity index (χ2n) is 2.61. The third-order valence-corrected chi connectivity index (χ3v) is 2.37. The quantitative estimate of drug-likeness (QED) is 0.484. The average molecular weight is 304 g/mol. The molecule has 0 atom stereocenters. The molecule has 74 valence electrons. The highest BCUT2D eigenvalue weighted by atomic mass is 127. The van der Waals surface area contributed by atoms with Crippen LogP contribution in [0, 0.1) is 0 Å². The highest BCUT2D eigenvalue weighted by Gasteiger charge is 2.07. The van der Waals surface area contributed by atoms with Gasteiger partial charge in [0.25, 0.3) is 0 Å². The van der Waals surface area contributed by atoms with Gasteiger partial charge in [-0.15, -0.1) is 0 Å². The summed E-state index contributed by atoms with van der Waals surface area (Å²) in [7, 11) is 0. The highest BCUT2D eigenvalue weighted by molar-refractivity contribution is 14.1. The lowest BCUT2D eigenvalue weighted by Gasteiger charge is -2.01. The molecule has 1 rings (SSSR count). The van der Waals surface area contributed by atoms with Crippen molar-refractivity contribution in [3.05, 3.63) is 35.9 Å². The number of carbonyl (C=O) groups excluding carboxylic acids is 2. The molecule has 0 heterocycles. The Labute approximate surface area is 95.6 Å². The van der Waals surface area contributed by atoms with Gasteiger partial charge in [0.05, 0.1) is 9.99 Å². The minimum atomic E-state index is -0.455. The number of ketones is 1. The molecule has 0 N–H and O–H groups in total. The first kappa shape index (κ1) is 11.2. The number of alkyl halides is 1. The summed E-state index contributed by atoms with van der Waals surface area (Å²) in [6, 6.07) is 8.61. The van der Waals surface area contributed by atoms with Crippen LogP contribution >= 0.6 is 22.6 Å². The molecule has 3 nitrogen and oxygen atoms in total. The molecule has 0 bridgehead atoms. The van der Waals surface area contributed by atoms with Crippen molar-refractivity contribution in [2.24, 2.45) is 0 Å². The molecule has 14 heavy (non-hydrogen) atoms. The van der Waals surface area contributed by atoms with Crippen LogP contribution in [0.1, 0.15) is 10.4 Å². The summed E-state index contributed by atoms with van der Waals surface area (Å²) in [5.41, 5.74) is 0.466. The molecule has 1 aromatic carbocycles. The van der Waals surface area contributed by atoms with Crippen molar-refractivity contribution >= 4 is 34.3 Å². The standard InChI is InChI=1S/C10H9IO3/c11-6-9(12)7-14-10(13)8-4-2-1-3-5-8/h1-5H,6-7H2. The number of rotatable bonds is 4. The summed E-state index contributed by atoms with van der Waals surface area (Å²) >= 11 is 1.93. The van der Waals surface area contributed by atoms with Crippen LogP contribution in [0.25, 0.3) is 0 Å². The summed E-state index contributed by atoms with van der Waals surface area (Å²) in [6.07, 6.45) is 0. The molecule has 0 aromatic heterocycles. The molecule has 1 aromatic rings. The van der Waals surface area contributed by atoms with Crippen molar-refractivity contribution in [2.45, 2.75) is 0 Å². The van der Waals surface area contributed by atoms with Gasteiger partial charge in [0.2, 0.25) is 0 Å². The molecule has 4 heteroatoms. The van der Waals surface area contributed by atoms with Crippen LogP contribution in [0.5, 0.6) is 0 Å². The smallest absolute Gasteiger partial charge is 0.338 e. The van der Waals surface area contributed by atoms with Gasteiger partial charge in [-0.05, 0) is 12.1 Å². The van der Waals surface area contributed by atoms with Crippen LogP contribution in [0.4, 0.5) is 0 Å². The zero-order chi connectivity index (χ0) is 10.4. The number of benzene rings is 1. The van der Waals surface area contributed by atoms with E-state index in [-0.39, 0.29) is 12.4 Å². The van der Waals surface area contributed by atoms with Gasteiger partial charge in [0.1, 0.15) is 0 Å². The molecule has 0 aliphatic rings. The van der Waals surface area contributed by atoms with Crippen LogP contribution in [-0.2, 0) is 9.53 Å². The predicted molar refractivity (Wildman–Crippen MR) is 60.6 cm³/mol. The van der Waals surface area contributed by atoms with Crippen molar-refractivity contribution in [1.29, 1.82) is 0 Å². The van der Waals surface area contributed by atoms with Crippen molar-refractivity contribution in [1.82, 2.24) is 0 Å². The van der Waals surface area contributed by atoms with E-state index < -0.39 is 5.97 Å². The van der Waals surface area contributed by atoms with E-state index in [1.165, 1.54) is 0 Å². The lowest BCUT2D eigenvalue weighted by Crippen LogP contribution is -2.14. The fourth-order valence-corrected chi connectivity index (χ4v) is 1.06. The van der Waals surface area contributed by atoms with E-state index >= 15 is 0 Å². The van der Waals surface area contributed by atoms with Crippen molar-refractivity contribution in [3.63, 3.8) is 0 Å². The van der Waals surface area contributed by atoms with Gasteiger partial charge in [-0.2, -0.15) is 0 Å². The Balaban J connectivity index is 2.48. The van der Waals surface area contributed by atoms with E-state index in [0.717, 1.165) is 0 Å². The minimum Gasteiger partial charge on any atom is -0.454 e. The lowest BCUT2D eigenvalue weighted by atomic mass is 10.2. The molecule has 0 radical (unpaired) electrons. The highest BCUT2D eigenvalue weighted by Crippen LogP contribution is 2.00. The molecule has 0 amide bonds. The van der Waals surface area contributed by atoms with Gasteiger partial charge in [-0.1, -0.05) is 40.8 Å². The molecular formula is C10H9IO3. The summed E-state index contributed by atoms with van der Waals surface area (Å²) in [5.74, 6) is -0.543. The maximum absolute atomic E-state index is 11.3. The van der Waals surface area contributed by atoms with E-state index in [1.807, 2.05) is 28.7 Å². The van der Waals surface area contributed by atoms with E-state index in [4.69, 9.17) is 4.74 Å². The van der Waals surface area contributed by atoms with Crippen LogP contribution < -0.4 is 0 Å². The molecule has 0 saturated carbocycles. The Morgan fingerprint density at radius 2 is 1.86 bits per heavy atom. The number of carbonyl (C=O) groups is 2. The molecular weight excluding hydrogens is 295 g/mol.